The first-order valence-electron chi connectivity index (χ1n) is 7.83. The standard InChI is InChI=1S/C18H22F2N2O2Si/c1-24-13-7-5-11(6-8-13)16(21)18(23)22-12-9-14(19)17(15(20)10-12)25(2,3)4/h5-10,16H,21H2,1-4H3,(H,22,23). The molecule has 0 aliphatic rings. The van der Waals surface area contributed by atoms with Crippen molar-refractivity contribution in [2.24, 2.45) is 5.73 Å². The van der Waals surface area contributed by atoms with Gasteiger partial charge in [0.1, 0.15) is 23.4 Å². The summed E-state index contributed by atoms with van der Waals surface area (Å²) in [5, 5.41) is 2.59. The first-order valence-corrected chi connectivity index (χ1v) is 11.3. The Balaban J connectivity index is 2.19. The molecule has 2 aromatic rings. The topological polar surface area (TPSA) is 64.3 Å². The summed E-state index contributed by atoms with van der Waals surface area (Å²) in [5.74, 6) is -1.20. The van der Waals surface area contributed by atoms with E-state index < -0.39 is 31.7 Å². The van der Waals surface area contributed by atoms with Crippen LogP contribution in [-0.2, 0) is 4.79 Å². The third kappa shape index (κ3) is 4.43. The molecule has 4 nitrogen and oxygen atoms in total. The van der Waals surface area contributed by atoms with Crippen LogP contribution in [0.15, 0.2) is 36.4 Å². The lowest BCUT2D eigenvalue weighted by Gasteiger charge is -2.20. The van der Waals surface area contributed by atoms with Gasteiger partial charge in [-0.25, -0.2) is 8.78 Å². The number of benzene rings is 2. The fraction of sp³-hybridized carbons (Fsp3) is 0.278. The Labute approximate surface area is 147 Å². The number of nitrogens with two attached hydrogens (primary N) is 1. The maximum absolute atomic E-state index is 14.3. The summed E-state index contributed by atoms with van der Waals surface area (Å²) in [7, 11) is -0.632. The van der Waals surface area contributed by atoms with Crippen LogP contribution in [0.25, 0.3) is 0 Å². The van der Waals surface area contributed by atoms with E-state index in [1.54, 1.807) is 24.3 Å². The number of nitrogens with one attached hydrogen (secondary N) is 1. The third-order valence-electron chi connectivity index (χ3n) is 3.82. The van der Waals surface area contributed by atoms with E-state index in [1.165, 1.54) is 7.11 Å². The Bertz CT molecular complexity index is 751. The molecule has 25 heavy (non-hydrogen) atoms. The molecule has 0 spiro atoms. The lowest BCUT2D eigenvalue weighted by Crippen LogP contribution is -2.42. The number of anilines is 1. The van der Waals surface area contributed by atoms with Gasteiger partial charge in [-0.3, -0.25) is 4.79 Å². The molecule has 2 aromatic carbocycles. The zero-order valence-corrected chi connectivity index (χ0v) is 15.7. The van der Waals surface area contributed by atoms with Crippen molar-refractivity contribution in [2.45, 2.75) is 25.7 Å². The van der Waals surface area contributed by atoms with Crippen molar-refractivity contribution >= 4 is 24.9 Å². The minimum Gasteiger partial charge on any atom is -0.497 e. The van der Waals surface area contributed by atoms with Gasteiger partial charge in [0.05, 0.1) is 15.2 Å². The summed E-state index contributed by atoms with van der Waals surface area (Å²) in [4.78, 5) is 12.3. The van der Waals surface area contributed by atoms with Crippen LogP contribution in [0.2, 0.25) is 19.6 Å². The molecule has 0 fully saturated rings. The lowest BCUT2D eigenvalue weighted by molar-refractivity contribution is -0.117. The van der Waals surface area contributed by atoms with Gasteiger partial charge in [0, 0.05) is 10.9 Å². The van der Waals surface area contributed by atoms with Gasteiger partial charge in [0.25, 0.3) is 0 Å². The van der Waals surface area contributed by atoms with Crippen LogP contribution in [0.1, 0.15) is 11.6 Å². The minimum absolute atomic E-state index is 0.0472. The van der Waals surface area contributed by atoms with Crippen molar-refractivity contribution in [3.63, 3.8) is 0 Å². The Morgan fingerprint density at radius 2 is 1.64 bits per heavy atom. The highest BCUT2D eigenvalue weighted by Crippen LogP contribution is 2.20. The molecule has 3 N–H and O–H groups in total. The average molecular weight is 364 g/mol. The summed E-state index contributed by atoms with van der Waals surface area (Å²) >= 11 is 0. The van der Waals surface area contributed by atoms with Crippen molar-refractivity contribution in [3.05, 3.63) is 53.6 Å². The largest absolute Gasteiger partial charge is 0.497 e. The van der Waals surface area contributed by atoms with Gasteiger partial charge < -0.3 is 15.8 Å². The Morgan fingerprint density at radius 3 is 2.08 bits per heavy atom. The second-order valence-corrected chi connectivity index (χ2v) is 11.8. The molecule has 1 atom stereocenters. The maximum Gasteiger partial charge on any atom is 0.245 e. The number of rotatable bonds is 5. The predicted molar refractivity (Wildman–Crippen MR) is 97.9 cm³/mol. The molecular formula is C18H22F2N2O2Si. The molecule has 0 aromatic heterocycles. The summed E-state index contributed by atoms with van der Waals surface area (Å²) in [6.07, 6.45) is 0. The second kappa shape index (κ2) is 7.33. The molecular weight excluding hydrogens is 342 g/mol. The van der Waals surface area contributed by atoms with Crippen molar-refractivity contribution in [1.29, 1.82) is 0 Å². The molecule has 0 aliphatic carbocycles. The number of methoxy groups -OCH3 is 1. The van der Waals surface area contributed by atoms with Crippen LogP contribution in [0, 0.1) is 11.6 Å². The molecule has 0 aliphatic heterocycles. The van der Waals surface area contributed by atoms with Crippen molar-refractivity contribution in [2.75, 3.05) is 12.4 Å². The molecule has 7 heteroatoms. The number of halogens is 2. The van der Waals surface area contributed by atoms with Crippen molar-refractivity contribution in [3.8, 4) is 5.75 Å². The maximum atomic E-state index is 14.3. The number of carbonyl (C=O) groups excluding carboxylic acids is 1. The Morgan fingerprint density at radius 1 is 1.12 bits per heavy atom. The fourth-order valence-corrected chi connectivity index (χ4v) is 4.12. The van der Waals surface area contributed by atoms with Gasteiger partial charge in [-0.15, -0.1) is 0 Å². The molecule has 0 heterocycles. The number of carbonyl (C=O) groups is 1. The summed E-state index contributed by atoms with van der Waals surface area (Å²) in [5.41, 5.74) is 6.53. The normalized spacial score (nSPS) is 12.6. The van der Waals surface area contributed by atoms with E-state index in [9.17, 15) is 13.6 Å². The van der Waals surface area contributed by atoms with Crippen LogP contribution in [0.3, 0.4) is 0 Å². The molecule has 0 radical (unpaired) electrons. The zero-order valence-electron chi connectivity index (χ0n) is 14.7. The van der Waals surface area contributed by atoms with Crippen LogP contribution < -0.4 is 21.0 Å². The van der Waals surface area contributed by atoms with E-state index >= 15 is 0 Å². The first kappa shape index (κ1) is 19.1. The average Bonchev–Trinajstić information content (AvgIpc) is 2.52. The SMILES string of the molecule is COc1ccc(C(N)C(=O)Nc2cc(F)c([Si](C)(C)C)c(F)c2)cc1. The highest BCUT2D eigenvalue weighted by Gasteiger charge is 2.26. The van der Waals surface area contributed by atoms with Gasteiger partial charge in [0.2, 0.25) is 5.91 Å². The molecule has 1 amide bonds. The summed E-state index contributed by atoms with van der Waals surface area (Å²) in [6.45, 7) is 5.56. The van der Waals surface area contributed by atoms with Gasteiger partial charge in [-0.1, -0.05) is 31.8 Å². The van der Waals surface area contributed by atoms with E-state index in [-0.39, 0.29) is 10.9 Å². The predicted octanol–water partition coefficient (Wildman–Crippen LogP) is 3.16. The first-order chi connectivity index (χ1) is 11.6. The quantitative estimate of drug-likeness (QED) is 0.801. The highest BCUT2D eigenvalue weighted by molar-refractivity contribution is 6.88. The van der Waals surface area contributed by atoms with Crippen LogP contribution in [0.5, 0.6) is 5.75 Å². The Kier molecular flexibility index (Phi) is 5.59. The van der Waals surface area contributed by atoms with Gasteiger partial charge in [-0.05, 0) is 29.8 Å². The molecule has 0 saturated heterocycles. The van der Waals surface area contributed by atoms with Crippen LogP contribution in [0.4, 0.5) is 14.5 Å². The molecule has 134 valence electrons. The second-order valence-electron chi connectivity index (χ2n) is 6.80. The fourth-order valence-electron chi connectivity index (χ4n) is 2.54. The van der Waals surface area contributed by atoms with E-state index in [0.717, 1.165) is 12.1 Å². The van der Waals surface area contributed by atoms with Gasteiger partial charge in [0.15, 0.2) is 0 Å². The molecule has 1 unspecified atom stereocenters. The van der Waals surface area contributed by atoms with E-state index in [4.69, 9.17) is 10.5 Å². The van der Waals surface area contributed by atoms with Crippen molar-refractivity contribution in [1.82, 2.24) is 0 Å². The van der Waals surface area contributed by atoms with E-state index in [0.29, 0.717) is 11.3 Å². The van der Waals surface area contributed by atoms with Gasteiger partial charge in [-0.2, -0.15) is 0 Å². The van der Waals surface area contributed by atoms with Crippen LogP contribution >= 0.6 is 0 Å². The highest BCUT2D eigenvalue weighted by atomic mass is 28.3. The zero-order chi connectivity index (χ0) is 18.8. The van der Waals surface area contributed by atoms with E-state index in [1.807, 2.05) is 19.6 Å². The number of hydrogen-bond donors (Lipinski definition) is 2. The monoisotopic (exact) mass is 364 g/mol. The minimum atomic E-state index is -2.17. The van der Waals surface area contributed by atoms with E-state index in [2.05, 4.69) is 5.32 Å². The number of amides is 1. The third-order valence-corrected chi connectivity index (χ3v) is 5.79. The van der Waals surface area contributed by atoms with Crippen molar-refractivity contribution < 1.29 is 18.3 Å². The lowest BCUT2D eigenvalue weighted by atomic mass is 10.1. The Hall–Kier alpha value is -2.25. The van der Waals surface area contributed by atoms with Crippen LogP contribution in [-0.4, -0.2) is 21.1 Å². The summed E-state index contributed by atoms with van der Waals surface area (Å²) in [6, 6.07) is 8.00. The van der Waals surface area contributed by atoms with Gasteiger partial charge >= 0.3 is 0 Å². The summed E-state index contributed by atoms with van der Waals surface area (Å²) < 4.78 is 33.6. The smallest absolute Gasteiger partial charge is 0.245 e. The molecule has 0 saturated carbocycles. The number of ether oxygens (including phenoxy) is 1. The molecule has 2 rings (SSSR count). The number of hydrogen-bond acceptors (Lipinski definition) is 3. The molecule has 0 bridgehead atoms.